The van der Waals surface area contributed by atoms with Crippen molar-refractivity contribution in [2.45, 2.75) is 0 Å². The highest BCUT2D eigenvalue weighted by molar-refractivity contribution is 7.58. The number of nitrogens with zero attached hydrogens (tertiary/aromatic N) is 2. The maximum Gasteiger partial charge on any atom is 0.329 e. The number of aliphatic carboxylic acids is 1. The summed E-state index contributed by atoms with van der Waals surface area (Å²) in [7, 11) is 0. The molecule has 1 heterocycles. The topological polar surface area (TPSA) is 100 Å². The van der Waals surface area contributed by atoms with Gasteiger partial charge in [0.05, 0.1) is 17.0 Å². The number of hydrogen-bond acceptors (Lipinski definition) is 5. The van der Waals surface area contributed by atoms with E-state index in [4.69, 9.17) is 5.11 Å². The second kappa shape index (κ2) is 5.52. The molecule has 2 N–H and O–H groups in total. The highest BCUT2D eigenvalue weighted by Crippen LogP contribution is 2.38. The van der Waals surface area contributed by atoms with Crippen LogP contribution in [-0.4, -0.2) is 30.2 Å². The largest absolute Gasteiger partial charge is 0.480 e. The first kappa shape index (κ1) is 12.4. The number of benzene rings is 1. The molecular weight excluding hydrogens is 258 g/mol. The summed E-state index contributed by atoms with van der Waals surface area (Å²) in [5, 5.41) is 10.9. The van der Waals surface area contributed by atoms with E-state index in [0.29, 0.717) is 17.1 Å². The molecule has 2 rings (SSSR count). The van der Waals surface area contributed by atoms with E-state index in [1.54, 1.807) is 18.2 Å². The molecular formula is C10H9N3O4S. The molecule has 0 aromatic heterocycles. The molecule has 0 aliphatic carbocycles. The molecule has 94 valence electrons. The number of fused-ring (bicyclic) bond motifs is 1. The average Bonchev–Trinajstić information content (AvgIpc) is 2.77. The molecule has 0 unspecified atom stereocenters. The monoisotopic (exact) mass is 267 g/mol. The smallest absolute Gasteiger partial charge is 0.329 e. The third kappa shape index (κ3) is 2.99. The van der Waals surface area contributed by atoms with E-state index in [0.717, 1.165) is 11.4 Å². The molecule has 1 aromatic rings. The van der Waals surface area contributed by atoms with E-state index in [1.165, 1.54) is 0 Å². The number of carboxylic acid groups (broad SMARTS) is 1. The van der Waals surface area contributed by atoms with Gasteiger partial charge >= 0.3 is 5.97 Å². The van der Waals surface area contributed by atoms with Crippen LogP contribution in [0.15, 0.2) is 26.9 Å². The van der Waals surface area contributed by atoms with Crippen molar-refractivity contribution in [2.24, 2.45) is 8.73 Å². The molecule has 0 fully saturated rings. The third-order valence-electron chi connectivity index (χ3n) is 2.02. The van der Waals surface area contributed by atoms with Gasteiger partial charge in [-0.05, 0) is 12.1 Å². The predicted octanol–water partition coefficient (Wildman–Crippen LogP) is 1.45. The Morgan fingerprint density at radius 2 is 2.17 bits per heavy atom. The van der Waals surface area contributed by atoms with Crippen LogP contribution >= 0.6 is 0 Å². The Balaban J connectivity index is 1.94. The van der Waals surface area contributed by atoms with Gasteiger partial charge in [0.15, 0.2) is 0 Å². The van der Waals surface area contributed by atoms with Gasteiger partial charge < -0.3 is 15.2 Å². The Morgan fingerprint density at radius 3 is 2.94 bits per heavy atom. The number of carboxylic acids is 1. The molecule has 8 heteroatoms. The van der Waals surface area contributed by atoms with Gasteiger partial charge in [-0.25, -0.2) is 4.79 Å². The molecule has 1 aromatic carbocycles. The van der Waals surface area contributed by atoms with Crippen LogP contribution in [0.1, 0.15) is 0 Å². The van der Waals surface area contributed by atoms with Gasteiger partial charge in [0.2, 0.25) is 5.91 Å². The first-order chi connectivity index (χ1) is 8.66. The van der Waals surface area contributed by atoms with Crippen molar-refractivity contribution in [1.82, 2.24) is 0 Å². The van der Waals surface area contributed by atoms with Crippen molar-refractivity contribution >= 4 is 40.3 Å². The van der Waals surface area contributed by atoms with Crippen LogP contribution in [0.5, 0.6) is 0 Å². The van der Waals surface area contributed by atoms with Crippen LogP contribution in [0.25, 0.3) is 0 Å². The van der Waals surface area contributed by atoms with Crippen molar-refractivity contribution in [2.75, 3.05) is 18.5 Å². The van der Waals surface area contributed by atoms with Crippen molar-refractivity contribution < 1.29 is 19.4 Å². The number of nitrogens with one attached hydrogen (secondary N) is 1. The number of rotatable bonds is 5. The molecule has 1 aliphatic heterocycles. The number of carbonyl (C=O) groups is 2. The lowest BCUT2D eigenvalue weighted by Crippen LogP contribution is -2.20. The minimum Gasteiger partial charge on any atom is -0.480 e. The molecule has 1 aliphatic rings. The molecule has 18 heavy (non-hydrogen) atoms. The Morgan fingerprint density at radius 1 is 1.33 bits per heavy atom. The second-order valence-corrected chi connectivity index (χ2v) is 3.90. The number of ether oxygens (including phenoxy) is 1. The Hall–Kier alpha value is -2.06. The van der Waals surface area contributed by atoms with Gasteiger partial charge in [0.1, 0.15) is 24.6 Å². The zero-order valence-corrected chi connectivity index (χ0v) is 9.94. The SMILES string of the molecule is O=C(O)COCC(=O)Nc1cccc2c1N=S=N2. The lowest BCUT2D eigenvalue weighted by atomic mass is 10.2. The first-order valence-electron chi connectivity index (χ1n) is 4.97. The van der Waals surface area contributed by atoms with E-state index in [1.807, 2.05) is 0 Å². The zero-order chi connectivity index (χ0) is 13.0. The zero-order valence-electron chi connectivity index (χ0n) is 9.12. The molecule has 0 saturated carbocycles. The predicted molar refractivity (Wildman–Crippen MR) is 65.1 cm³/mol. The summed E-state index contributed by atoms with van der Waals surface area (Å²) in [5.41, 5.74) is 1.84. The number of amides is 1. The van der Waals surface area contributed by atoms with Crippen LogP contribution in [0, 0.1) is 0 Å². The second-order valence-electron chi connectivity index (χ2n) is 3.37. The van der Waals surface area contributed by atoms with Gasteiger partial charge in [0.25, 0.3) is 0 Å². The summed E-state index contributed by atoms with van der Waals surface area (Å²) < 4.78 is 12.8. The fraction of sp³-hybridized carbons (Fsp3) is 0.200. The third-order valence-corrected chi connectivity index (χ3v) is 2.56. The van der Waals surface area contributed by atoms with E-state index < -0.39 is 18.5 Å². The van der Waals surface area contributed by atoms with E-state index in [9.17, 15) is 9.59 Å². The minimum atomic E-state index is -1.12. The summed E-state index contributed by atoms with van der Waals surface area (Å²) in [4.78, 5) is 21.7. The Bertz CT molecular complexity index is 566. The number of carbonyl (C=O) groups excluding carboxylic acids is 1. The molecule has 0 saturated heterocycles. The van der Waals surface area contributed by atoms with Crippen LogP contribution in [0.3, 0.4) is 0 Å². The van der Waals surface area contributed by atoms with Crippen molar-refractivity contribution in [3.8, 4) is 0 Å². The van der Waals surface area contributed by atoms with E-state index in [2.05, 4.69) is 18.8 Å². The van der Waals surface area contributed by atoms with Crippen molar-refractivity contribution in [1.29, 1.82) is 0 Å². The Labute approximate surface area is 106 Å². The van der Waals surface area contributed by atoms with Crippen LogP contribution in [0.4, 0.5) is 17.1 Å². The quantitative estimate of drug-likeness (QED) is 0.856. The Kier molecular flexibility index (Phi) is 3.80. The molecule has 1 amide bonds. The lowest BCUT2D eigenvalue weighted by Gasteiger charge is -2.07. The van der Waals surface area contributed by atoms with Gasteiger partial charge in [0, 0.05) is 0 Å². The summed E-state index contributed by atoms with van der Waals surface area (Å²) in [6.45, 7) is -0.823. The van der Waals surface area contributed by atoms with E-state index >= 15 is 0 Å². The molecule has 7 nitrogen and oxygen atoms in total. The first-order valence-corrected chi connectivity index (χ1v) is 5.70. The highest BCUT2D eigenvalue weighted by Gasteiger charge is 2.12. The van der Waals surface area contributed by atoms with E-state index in [-0.39, 0.29) is 6.61 Å². The normalized spacial score (nSPS) is 11.8. The average molecular weight is 267 g/mol. The fourth-order valence-corrected chi connectivity index (χ4v) is 1.87. The molecule has 0 bridgehead atoms. The summed E-state index contributed by atoms with van der Waals surface area (Å²) in [6.07, 6.45) is 0. The van der Waals surface area contributed by atoms with Crippen LogP contribution in [0.2, 0.25) is 0 Å². The molecule has 0 atom stereocenters. The van der Waals surface area contributed by atoms with Gasteiger partial charge in [-0.2, -0.15) is 8.73 Å². The summed E-state index contributed by atoms with van der Waals surface area (Å²) in [5.74, 6) is -1.55. The number of hydrogen-bond donors (Lipinski definition) is 2. The lowest BCUT2D eigenvalue weighted by molar-refractivity contribution is -0.143. The number of anilines is 1. The van der Waals surface area contributed by atoms with Gasteiger partial charge in [-0.1, -0.05) is 6.07 Å². The molecule has 0 radical (unpaired) electrons. The maximum atomic E-state index is 11.5. The standard InChI is InChI=1S/C10H9N3O4S/c14-8(4-17-5-9(15)16)11-6-2-1-3-7-10(6)13-18-12-7/h1-3H,4-5H2,(H,11,14)(H,15,16). The maximum absolute atomic E-state index is 11.5. The van der Waals surface area contributed by atoms with Crippen LogP contribution < -0.4 is 5.32 Å². The summed E-state index contributed by atoms with van der Waals surface area (Å²) >= 11 is 1.06. The van der Waals surface area contributed by atoms with Gasteiger partial charge in [-0.15, -0.1) is 0 Å². The fourth-order valence-electron chi connectivity index (χ4n) is 1.32. The van der Waals surface area contributed by atoms with Crippen molar-refractivity contribution in [3.05, 3.63) is 18.2 Å². The van der Waals surface area contributed by atoms with Crippen molar-refractivity contribution in [3.63, 3.8) is 0 Å². The minimum absolute atomic E-state index is 0.319. The van der Waals surface area contributed by atoms with Gasteiger partial charge in [-0.3, -0.25) is 4.79 Å². The summed E-state index contributed by atoms with van der Waals surface area (Å²) in [6, 6.07) is 5.23. The van der Waals surface area contributed by atoms with Crippen LogP contribution in [-0.2, 0) is 25.7 Å². The highest BCUT2D eigenvalue weighted by atomic mass is 32.1. The molecule has 0 spiro atoms.